The zero-order valence-corrected chi connectivity index (χ0v) is 16.4. The first-order chi connectivity index (χ1) is 14.3. The van der Waals surface area contributed by atoms with Crippen molar-refractivity contribution in [2.45, 2.75) is 32.3 Å². The molecular formula is C20H21F2N3O5. The quantitative estimate of drug-likeness (QED) is 0.724. The Morgan fingerprint density at radius 1 is 1.33 bits per heavy atom. The van der Waals surface area contributed by atoms with Crippen molar-refractivity contribution in [1.29, 1.82) is 0 Å². The molecule has 2 aromatic rings. The molecule has 4 rings (SSSR count). The van der Waals surface area contributed by atoms with E-state index >= 15 is 0 Å². The Morgan fingerprint density at radius 3 is 2.70 bits per heavy atom. The van der Waals surface area contributed by atoms with Gasteiger partial charge in [0.05, 0.1) is 24.8 Å². The fourth-order valence-corrected chi connectivity index (χ4v) is 3.44. The molecule has 0 bridgehead atoms. The molecule has 1 amide bonds. The summed E-state index contributed by atoms with van der Waals surface area (Å²) >= 11 is 0. The lowest BCUT2D eigenvalue weighted by Gasteiger charge is -2.33. The summed E-state index contributed by atoms with van der Waals surface area (Å²) in [6, 6.07) is 3.45. The third kappa shape index (κ3) is 3.96. The molecule has 0 aliphatic carbocycles. The fraction of sp³-hybridized carbons (Fsp3) is 0.350. The number of amides is 1. The Morgan fingerprint density at radius 2 is 2.07 bits per heavy atom. The van der Waals surface area contributed by atoms with Gasteiger partial charge in [-0.05, 0) is 20.0 Å². The van der Waals surface area contributed by atoms with Crippen LogP contribution in [0.2, 0.25) is 0 Å². The predicted octanol–water partition coefficient (Wildman–Crippen LogP) is 1.25. The summed E-state index contributed by atoms with van der Waals surface area (Å²) in [6.07, 6.45) is 1.23. The van der Waals surface area contributed by atoms with Gasteiger partial charge in [-0.3, -0.25) is 14.4 Å². The van der Waals surface area contributed by atoms with E-state index in [1.807, 2.05) is 6.92 Å². The van der Waals surface area contributed by atoms with Crippen LogP contribution in [0.4, 0.5) is 8.78 Å². The van der Waals surface area contributed by atoms with Crippen molar-refractivity contribution in [3.05, 3.63) is 63.1 Å². The Hall–Kier alpha value is -3.11. The summed E-state index contributed by atoms with van der Waals surface area (Å²) in [5.41, 5.74) is -0.590. The van der Waals surface area contributed by atoms with Crippen LogP contribution in [0.15, 0.2) is 29.2 Å². The number of aromatic hydroxyl groups is 1. The number of aldehydes is 1. The van der Waals surface area contributed by atoms with Crippen LogP contribution in [-0.2, 0) is 17.8 Å². The van der Waals surface area contributed by atoms with Gasteiger partial charge in [0.25, 0.3) is 5.91 Å². The van der Waals surface area contributed by atoms with Gasteiger partial charge in [-0.25, -0.2) is 8.78 Å². The van der Waals surface area contributed by atoms with Crippen LogP contribution in [0.3, 0.4) is 0 Å². The molecule has 1 saturated heterocycles. The Balaban J connectivity index is 0.000000199. The molecule has 2 aliphatic rings. The largest absolute Gasteiger partial charge is 0.503 e. The van der Waals surface area contributed by atoms with E-state index in [0.717, 1.165) is 6.07 Å². The van der Waals surface area contributed by atoms with Crippen LogP contribution < -0.4 is 10.7 Å². The summed E-state index contributed by atoms with van der Waals surface area (Å²) in [4.78, 5) is 36.3. The summed E-state index contributed by atoms with van der Waals surface area (Å²) < 4.78 is 32.0. The Kier molecular flexibility index (Phi) is 6.28. The van der Waals surface area contributed by atoms with Gasteiger partial charge in [0.15, 0.2) is 24.0 Å². The van der Waals surface area contributed by atoms with Crippen LogP contribution in [0.5, 0.6) is 5.75 Å². The Labute approximate surface area is 170 Å². The molecule has 0 saturated carbocycles. The number of rotatable bonds is 3. The lowest BCUT2D eigenvalue weighted by atomic mass is 10.1. The number of carbonyl (C=O) groups excluding carboxylic acids is 2. The lowest BCUT2D eigenvalue weighted by Crippen LogP contribution is -2.48. The molecular weight excluding hydrogens is 400 g/mol. The second-order valence-corrected chi connectivity index (χ2v) is 7.00. The highest BCUT2D eigenvalue weighted by Gasteiger charge is 2.42. The number of benzene rings is 1. The van der Waals surface area contributed by atoms with Crippen LogP contribution in [-0.4, -0.2) is 52.7 Å². The van der Waals surface area contributed by atoms with Crippen LogP contribution in [0.25, 0.3) is 0 Å². The summed E-state index contributed by atoms with van der Waals surface area (Å²) in [6.45, 7) is 2.96. The molecule has 2 atom stereocenters. The van der Waals surface area contributed by atoms with E-state index < -0.39 is 34.9 Å². The van der Waals surface area contributed by atoms with E-state index in [1.165, 1.54) is 27.8 Å². The third-order valence-electron chi connectivity index (χ3n) is 4.90. The topological polar surface area (TPSA) is 101 Å². The first-order valence-electron chi connectivity index (χ1n) is 9.22. The minimum absolute atomic E-state index is 0.0794. The second kappa shape index (κ2) is 8.72. The molecule has 2 aliphatic heterocycles. The minimum atomic E-state index is -0.819. The van der Waals surface area contributed by atoms with Gasteiger partial charge in [-0.15, -0.1) is 0 Å². The lowest BCUT2D eigenvalue weighted by molar-refractivity contribution is 0.00628. The van der Waals surface area contributed by atoms with Crippen molar-refractivity contribution in [3.8, 4) is 5.75 Å². The molecule has 30 heavy (non-hydrogen) atoms. The van der Waals surface area contributed by atoms with E-state index in [-0.39, 0.29) is 17.3 Å². The SMILES string of the molecule is CNCc1ccc(F)cc1F.C[C@H]1COC2Cn3cc(C=O)c(=O)c(O)c3C(=O)N21. The summed E-state index contributed by atoms with van der Waals surface area (Å²) in [7, 11) is 1.71. The van der Waals surface area contributed by atoms with E-state index in [9.17, 15) is 28.3 Å². The second-order valence-electron chi connectivity index (χ2n) is 7.00. The highest BCUT2D eigenvalue weighted by molar-refractivity contribution is 5.97. The van der Waals surface area contributed by atoms with E-state index in [4.69, 9.17) is 4.74 Å². The molecule has 8 nitrogen and oxygen atoms in total. The van der Waals surface area contributed by atoms with Crippen LogP contribution >= 0.6 is 0 Å². The van der Waals surface area contributed by atoms with Crippen molar-refractivity contribution < 1.29 is 28.2 Å². The first kappa shape index (κ1) is 21.6. The molecule has 2 N–H and O–H groups in total. The van der Waals surface area contributed by atoms with Crippen molar-refractivity contribution in [2.75, 3.05) is 13.7 Å². The fourth-order valence-electron chi connectivity index (χ4n) is 3.44. The monoisotopic (exact) mass is 421 g/mol. The van der Waals surface area contributed by atoms with E-state index in [1.54, 1.807) is 7.05 Å². The molecule has 160 valence electrons. The van der Waals surface area contributed by atoms with Crippen molar-refractivity contribution in [1.82, 2.24) is 14.8 Å². The highest BCUT2D eigenvalue weighted by Crippen LogP contribution is 2.29. The smallest absolute Gasteiger partial charge is 0.276 e. The molecule has 1 aromatic carbocycles. The highest BCUT2D eigenvalue weighted by atomic mass is 19.1. The molecule has 1 aromatic heterocycles. The maximum Gasteiger partial charge on any atom is 0.276 e. The van der Waals surface area contributed by atoms with E-state index in [2.05, 4.69) is 5.32 Å². The number of hydrogen-bond acceptors (Lipinski definition) is 6. The van der Waals surface area contributed by atoms with Crippen LogP contribution in [0.1, 0.15) is 33.3 Å². The van der Waals surface area contributed by atoms with Gasteiger partial charge in [0, 0.05) is 24.4 Å². The minimum Gasteiger partial charge on any atom is -0.503 e. The van der Waals surface area contributed by atoms with Crippen molar-refractivity contribution >= 4 is 12.2 Å². The number of hydrogen-bond donors (Lipinski definition) is 2. The summed E-state index contributed by atoms with van der Waals surface area (Å²) in [5, 5.41) is 12.6. The number of carbonyl (C=O) groups is 2. The zero-order chi connectivity index (χ0) is 22.0. The zero-order valence-electron chi connectivity index (χ0n) is 16.4. The molecule has 3 heterocycles. The van der Waals surface area contributed by atoms with E-state index in [0.29, 0.717) is 31.5 Å². The van der Waals surface area contributed by atoms with Gasteiger partial charge in [-0.1, -0.05) is 6.07 Å². The average Bonchev–Trinajstić information content (AvgIpc) is 3.08. The van der Waals surface area contributed by atoms with Gasteiger partial charge in [0.1, 0.15) is 11.6 Å². The van der Waals surface area contributed by atoms with Crippen LogP contribution in [0, 0.1) is 11.6 Å². The number of aromatic nitrogens is 1. The number of fused-ring (bicyclic) bond motifs is 2. The Bertz CT molecular complexity index is 1040. The average molecular weight is 421 g/mol. The summed E-state index contributed by atoms with van der Waals surface area (Å²) in [5.74, 6) is -2.16. The molecule has 1 unspecified atom stereocenters. The molecule has 0 spiro atoms. The van der Waals surface area contributed by atoms with Crippen molar-refractivity contribution in [3.63, 3.8) is 0 Å². The van der Waals surface area contributed by atoms with Gasteiger partial charge < -0.3 is 24.6 Å². The number of pyridine rings is 1. The maximum atomic E-state index is 12.8. The molecule has 0 radical (unpaired) electrons. The predicted molar refractivity (Wildman–Crippen MR) is 102 cm³/mol. The third-order valence-corrected chi connectivity index (χ3v) is 4.90. The van der Waals surface area contributed by atoms with Gasteiger partial charge >= 0.3 is 0 Å². The normalized spacial score (nSPS) is 19.6. The number of nitrogens with one attached hydrogen (secondary N) is 1. The number of ether oxygens (including phenoxy) is 1. The van der Waals surface area contributed by atoms with Gasteiger partial charge in [0.2, 0.25) is 5.43 Å². The number of nitrogens with zero attached hydrogens (tertiary/aromatic N) is 2. The number of halogens is 2. The van der Waals surface area contributed by atoms with Crippen molar-refractivity contribution in [2.24, 2.45) is 0 Å². The maximum absolute atomic E-state index is 12.8. The molecule has 1 fully saturated rings. The molecule has 10 heteroatoms. The van der Waals surface area contributed by atoms with Gasteiger partial charge in [-0.2, -0.15) is 0 Å². The first-order valence-corrected chi connectivity index (χ1v) is 9.22. The standard InChI is InChI=1S/C12H12N2O5.C8H9F2N/c1-6-5-19-8-3-13-2-7(4-15)10(16)11(17)9(13)12(18)14(6)8;1-11-5-6-2-3-7(9)4-8(6)10/h2,4,6,8,17H,3,5H2,1H3;2-4,11H,5H2,1H3/t6-,8?;/m0./s1.